The monoisotopic (exact) mass is 269 g/mol. The Morgan fingerprint density at radius 3 is 2.30 bits per heavy atom. The van der Waals surface area contributed by atoms with E-state index in [2.05, 4.69) is 0 Å². The number of benzene rings is 2. The molecule has 0 fully saturated rings. The topological polar surface area (TPSA) is 80.4 Å². The van der Waals surface area contributed by atoms with Crippen LogP contribution in [0.5, 0.6) is 0 Å². The van der Waals surface area contributed by atoms with Crippen LogP contribution in [0.3, 0.4) is 0 Å². The normalized spacial score (nSPS) is 11.8. The molecule has 0 aliphatic rings. The molecule has 2 rings (SSSR count). The summed E-state index contributed by atoms with van der Waals surface area (Å²) in [6, 6.07) is 14.9. The highest BCUT2D eigenvalue weighted by Crippen LogP contribution is 2.12. The van der Waals surface area contributed by atoms with E-state index in [9.17, 15) is 9.59 Å². The maximum atomic E-state index is 12.3. The first-order chi connectivity index (χ1) is 9.58. The number of ketones is 1. The van der Waals surface area contributed by atoms with Crippen LogP contribution in [0.4, 0.5) is 0 Å². The first-order valence-corrected chi connectivity index (χ1v) is 6.25. The molecule has 0 amide bonds. The van der Waals surface area contributed by atoms with E-state index in [0.717, 1.165) is 5.56 Å². The van der Waals surface area contributed by atoms with Crippen molar-refractivity contribution in [1.29, 1.82) is 0 Å². The molecule has 2 aromatic rings. The van der Waals surface area contributed by atoms with Crippen LogP contribution in [-0.4, -0.2) is 22.9 Å². The van der Waals surface area contributed by atoms with Crippen LogP contribution < -0.4 is 5.73 Å². The first-order valence-electron chi connectivity index (χ1n) is 6.25. The second-order valence-corrected chi connectivity index (χ2v) is 4.54. The molecule has 4 heteroatoms. The van der Waals surface area contributed by atoms with Crippen LogP contribution in [0.25, 0.3) is 0 Å². The Morgan fingerprint density at radius 1 is 1.00 bits per heavy atom. The first kappa shape index (κ1) is 14.0. The van der Waals surface area contributed by atoms with Crippen molar-refractivity contribution in [1.82, 2.24) is 0 Å². The van der Waals surface area contributed by atoms with Gasteiger partial charge in [0.15, 0.2) is 5.78 Å². The van der Waals surface area contributed by atoms with Gasteiger partial charge in [0.25, 0.3) is 0 Å². The van der Waals surface area contributed by atoms with Crippen molar-refractivity contribution < 1.29 is 14.7 Å². The number of carboxylic acid groups (broad SMARTS) is 1. The smallest absolute Gasteiger partial charge is 0.320 e. The van der Waals surface area contributed by atoms with Crippen molar-refractivity contribution in [3.8, 4) is 0 Å². The highest BCUT2D eigenvalue weighted by molar-refractivity contribution is 6.09. The number of carbonyl (C=O) groups excluding carboxylic acids is 1. The average Bonchev–Trinajstić information content (AvgIpc) is 2.47. The summed E-state index contributed by atoms with van der Waals surface area (Å²) in [6.07, 6.45) is 0.200. The van der Waals surface area contributed by atoms with Crippen LogP contribution in [0.1, 0.15) is 21.5 Å². The third kappa shape index (κ3) is 3.30. The minimum Gasteiger partial charge on any atom is -0.480 e. The van der Waals surface area contributed by atoms with Crippen molar-refractivity contribution in [2.75, 3.05) is 0 Å². The Kier molecular flexibility index (Phi) is 4.27. The molecule has 20 heavy (non-hydrogen) atoms. The van der Waals surface area contributed by atoms with Gasteiger partial charge in [0, 0.05) is 11.1 Å². The molecule has 0 bridgehead atoms. The zero-order chi connectivity index (χ0) is 14.5. The molecule has 102 valence electrons. The number of nitrogens with two attached hydrogens (primary N) is 1. The van der Waals surface area contributed by atoms with Gasteiger partial charge in [-0.05, 0) is 18.1 Å². The fraction of sp³-hybridized carbons (Fsp3) is 0.125. The van der Waals surface area contributed by atoms with Gasteiger partial charge in [0.2, 0.25) is 0 Å². The molecular weight excluding hydrogens is 254 g/mol. The van der Waals surface area contributed by atoms with Gasteiger partial charge in [-0.1, -0.05) is 48.5 Å². The molecule has 0 saturated heterocycles. The molecule has 0 aromatic heterocycles. The molecular formula is C16H15NO3. The number of carboxylic acids is 1. The molecule has 2 aromatic carbocycles. The summed E-state index contributed by atoms with van der Waals surface area (Å²) in [5.74, 6) is -1.14. The Bertz CT molecular complexity index is 623. The van der Waals surface area contributed by atoms with Crippen molar-refractivity contribution in [2.45, 2.75) is 12.5 Å². The summed E-state index contributed by atoms with van der Waals surface area (Å²) in [5, 5.41) is 8.81. The molecule has 3 N–H and O–H groups in total. The molecule has 4 nitrogen and oxygen atoms in total. The summed E-state index contributed by atoms with van der Waals surface area (Å²) in [5.41, 5.74) is 7.38. The third-order valence-corrected chi connectivity index (χ3v) is 3.00. The Hall–Kier alpha value is -2.46. The van der Waals surface area contributed by atoms with E-state index in [1.54, 1.807) is 48.5 Å². The summed E-state index contributed by atoms with van der Waals surface area (Å²) >= 11 is 0. The van der Waals surface area contributed by atoms with Gasteiger partial charge in [-0.15, -0.1) is 0 Å². The fourth-order valence-electron chi connectivity index (χ4n) is 1.94. The van der Waals surface area contributed by atoms with Gasteiger partial charge in [0.1, 0.15) is 6.04 Å². The number of aliphatic carboxylic acids is 1. The zero-order valence-corrected chi connectivity index (χ0v) is 10.8. The van der Waals surface area contributed by atoms with Crippen LogP contribution >= 0.6 is 0 Å². The Balaban J connectivity index is 2.22. The lowest BCUT2D eigenvalue weighted by Gasteiger charge is -2.08. The van der Waals surface area contributed by atoms with Gasteiger partial charge >= 0.3 is 5.97 Å². The summed E-state index contributed by atoms with van der Waals surface area (Å²) in [6.45, 7) is 0. The van der Waals surface area contributed by atoms with Crippen LogP contribution in [0.15, 0.2) is 54.6 Å². The highest BCUT2D eigenvalue weighted by Gasteiger charge is 2.14. The molecule has 0 heterocycles. The molecule has 0 aliphatic carbocycles. The zero-order valence-electron chi connectivity index (χ0n) is 10.8. The number of carbonyl (C=O) groups is 2. The summed E-state index contributed by atoms with van der Waals surface area (Å²) in [7, 11) is 0. The largest absolute Gasteiger partial charge is 0.480 e. The maximum absolute atomic E-state index is 12.3. The Morgan fingerprint density at radius 2 is 1.65 bits per heavy atom. The van der Waals surface area contributed by atoms with E-state index < -0.39 is 12.0 Å². The van der Waals surface area contributed by atoms with Gasteiger partial charge in [-0.25, -0.2) is 0 Å². The summed E-state index contributed by atoms with van der Waals surface area (Å²) < 4.78 is 0. The fourth-order valence-corrected chi connectivity index (χ4v) is 1.94. The van der Waals surface area contributed by atoms with Crippen LogP contribution in [0.2, 0.25) is 0 Å². The second kappa shape index (κ2) is 6.12. The lowest BCUT2D eigenvalue weighted by molar-refractivity contribution is -0.138. The molecule has 0 aliphatic heterocycles. The van der Waals surface area contributed by atoms with Gasteiger partial charge in [-0.3, -0.25) is 9.59 Å². The van der Waals surface area contributed by atoms with Crippen molar-refractivity contribution in [2.24, 2.45) is 5.73 Å². The lowest BCUT2D eigenvalue weighted by atomic mass is 9.99. The van der Waals surface area contributed by atoms with E-state index in [-0.39, 0.29) is 12.2 Å². The third-order valence-electron chi connectivity index (χ3n) is 3.00. The minimum absolute atomic E-state index is 0.0867. The van der Waals surface area contributed by atoms with E-state index in [4.69, 9.17) is 10.8 Å². The van der Waals surface area contributed by atoms with Crippen molar-refractivity contribution >= 4 is 11.8 Å². The van der Waals surface area contributed by atoms with Crippen molar-refractivity contribution in [3.05, 3.63) is 71.3 Å². The Labute approximate surface area is 116 Å². The number of hydrogen-bond donors (Lipinski definition) is 2. The minimum atomic E-state index is -1.05. The van der Waals surface area contributed by atoms with E-state index in [1.165, 1.54) is 0 Å². The standard InChI is InChI=1S/C16H15NO3/c17-14(16(19)20)10-11-5-4-8-13(9-11)15(18)12-6-2-1-3-7-12/h1-9,14H,10,17H2,(H,19,20)/t14-/m0/s1. The van der Waals surface area contributed by atoms with E-state index in [1.807, 2.05) is 6.07 Å². The number of rotatable bonds is 5. The van der Waals surface area contributed by atoms with Crippen LogP contribution in [0, 0.1) is 0 Å². The van der Waals surface area contributed by atoms with Crippen LogP contribution in [-0.2, 0) is 11.2 Å². The molecule has 0 saturated carbocycles. The van der Waals surface area contributed by atoms with E-state index in [0.29, 0.717) is 11.1 Å². The predicted molar refractivity (Wildman–Crippen MR) is 75.6 cm³/mol. The molecule has 1 atom stereocenters. The summed E-state index contributed by atoms with van der Waals surface area (Å²) in [4.78, 5) is 23.0. The average molecular weight is 269 g/mol. The SMILES string of the molecule is N[C@@H](Cc1cccc(C(=O)c2ccccc2)c1)C(=O)O. The van der Waals surface area contributed by atoms with Gasteiger partial charge in [-0.2, -0.15) is 0 Å². The maximum Gasteiger partial charge on any atom is 0.320 e. The van der Waals surface area contributed by atoms with E-state index >= 15 is 0 Å². The van der Waals surface area contributed by atoms with Gasteiger partial charge < -0.3 is 10.8 Å². The highest BCUT2D eigenvalue weighted by atomic mass is 16.4. The second-order valence-electron chi connectivity index (χ2n) is 4.54. The molecule has 0 radical (unpaired) electrons. The molecule has 0 spiro atoms. The quantitative estimate of drug-likeness (QED) is 0.812. The lowest BCUT2D eigenvalue weighted by Crippen LogP contribution is -2.32. The number of hydrogen-bond acceptors (Lipinski definition) is 3. The van der Waals surface area contributed by atoms with Crippen molar-refractivity contribution in [3.63, 3.8) is 0 Å². The van der Waals surface area contributed by atoms with Gasteiger partial charge in [0.05, 0.1) is 0 Å². The molecule has 0 unspecified atom stereocenters. The predicted octanol–water partition coefficient (Wildman–Crippen LogP) is 1.87.